The van der Waals surface area contributed by atoms with Gasteiger partial charge in [-0.2, -0.15) is 0 Å². The van der Waals surface area contributed by atoms with E-state index in [-0.39, 0.29) is 0 Å². The van der Waals surface area contributed by atoms with E-state index in [1.165, 1.54) is 6.92 Å². The smallest absolute Gasteiger partial charge is 0.321 e. The number of aliphatic carboxylic acids is 1. The third-order valence-corrected chi connectivity index (χ3v) is 3.33. The van der Waals surface area contributed by atoms with E-state index < -0.39 is 11.4 Å². The number of carboxylic acid groups (broad SMARTS) is 1. The van der Waals surface area contributed by atoms with E-state index in [9.17, 15) is 14.7 Å². The summed E-state index contributed by atoms with van der Waals surface area (Å²) in [5, 5.41) is 11.0. The number of carboxylic acids is 1. The largest absolute Gasteiger partial charge is 0.497 e. The molecule has 0 aliphatic carbocycles. The predicted octanol–water partition coefficient (Wildman–Crippen LogP) is 2.39. The van der Waals surface area contributed by atoms with Crippen LogP contribution in [0.2, 0.25) is 0 Å². The Morgan fingerprint density at radius 3 is 2.42 bits per heavy atom. The maximum Gasteiger partial charge on any atom is 0.321 e. The summed E-state index contributed by atoms with van der Waals surface area (Å²) in [6.07, 6.45) is 0.458. The second kappa shape index (κ2) is 4.72. The van der Waals surface area contributed by atoms with Crippen molar-refractivity contribution in [2.75, 3.05) is 7.11 Å². The molecule has 0 saturated carbocycles. The fourth-order valence-corrected chi connectivity index (χ4v) is 1.92. The molecule has 0 fully saturated rings. The van der Waals surface area contributed by atoms with E-state index in [1.807, 2.05) is 12.1 Å². The molecule has 4 nitrogen and oxygen atoms in total. The van der Waals surface area contributed by atoms with Crippen LogP contribution < -0.4 is 4.74 Å². The number of benzene rings is 2. The first-order valence-electron chi connectivity index (χ1n) is 5.79. The first-order valence-corrected chi connectivity index (χ1v) is 5.79. The summed E-state index contributed by atoms with van der Waals surface area (Å²) in [7, 11) is 1.59. The molecule has 0 radical (unpaired) electrons. The van der Waals surface area contributed by atoms with Crippen LogP contribution in [0.15, 0.2) is 36.4 Å². The number of ether oxygens (including phenoxy) is 1. The molecule has 4 heteroatoms. The van der Waals surface area contributed by atoms with Crippen LogP contribution in [0.3, 0.4) is 0 Å². The quantitative estimate of drug-likeness (QED) is 0.675. The SMILES string of the molecule is COc1ccc2cc(C(C)(C=O)C(=O)O)ccc2c1. The summed E-state index contributed by atoms with van der Waals surface area (Å²) in [4.78, 5) is 22.3. The molecule has 98 valence electrons. The Morgan fingerprint density at radius 2 is 1.84 bits per heavy atom. The molecule has 0 aliphatic heterocycles. The molecule has 0 saturated heterocycles. The van der Waals surface area contributed by atoms with Gasteiger partial charge in [0.25, 0.3) is 0 Å². The first-order chi connectivity index (χ1) is 9.01. The van der Waals surface area contributed by atoms with E-state index in [1.54, 1.807) is 31.4 Å². The van der Waals surface area contributed by atoms with Crippen molar-refractivity contribution >= 4 is 23.0 Å². The normalized spacial score (nSPS) is 13.8. The molecular weight excluding hydrogens is 244 g/mol. The van der Waals surface area contributed by atoms with Gasteiger partial charge in [0, 0.05) is 0 Å². The number of methoxy groups -OCH3 is 1. The maximum absolute atomic E-state index is 11.2. The molecule has 0 heterocycles. The lowest BCUT2D eigenvalue weighted by atomic mass is 9.83. The minimum atomic E-state index is -1.52. The molecule has 0 bridgehead atoms. The van der Waals surface area contributed by atoms with Gasteiger partial charge in [-0.05, 0) is 41.5 Å². The zero-order chi connectivity index (χ0) is 14.0. The second-order valence-electron chi connectivity index (χ2n) is 4.55. The zero-order valence-electron chi connectivity index (χ0n) is 10.7. The highest BCUT2D eigenvalue weighted by Crippen LogP contribution is 2.27. The Hall–Kier alpha value is -2.36. The lowest BCUT2D eigenvalue weighted by Crippen LogP contribution is -2.33. The zero-order valence-corrected chi connectivity index (χ0v) is 10.7. The molecule has 2 aromatic carbocycles. The summed E-state index contributed by atoms with van der Waals surface area (Å²) in [6, 6.07) is 10.7. The van der Waals surface area contributed by atoms with Crippen molar-refractivity contribution in [1.82, 2.24) is 0 Å². The van der Waals surface area contributed by atoms with Crippen molar-refractivity contribution in [2.24, 2.45) is 0 Å². The molecule has 2 aromatic rings. The van der Waals surface area contributed by atoms with Crippen LogP contribution in [-0.4, -0.2) is 24.5 Å². The first kappa shape index (κ1) is 13.1. The van der Waals surface area contributed by atoms with Gasteiger partial charge >= 0.3 is 5.97 Å². The standard InChI is InChI=1S/C15H14O4/c1-15(9-16,14(17)18)12-5-3-11-8-13(19-2)6-4-10(11)7-12/h3-9H,1-2H3,(H,17,18). The fourth-order valence-electron chi connectivity index (χ4n) is 1.92. The predicted molar refractivity (Wildman–Crippen MR) is 71.6 cm³/mol. The van der Waals surface area contributed by atoms with Gasteiger partial charge in [-0.15, -0.1) is 0 Å². The average molecular weight is 258 g/mol. The third kappa shape index (κ3) is 2.17. The van der Waals surface area contributed by atoms with Crippen molar-refractivity contribution in [1.29, 1.82) is 0 Å². The van der Waals surface area contributed by atoms with Crippen LogP contribution in [0.1, 0.15) is 12.5 Å². The number of aldehydes is 1. The lowest BCUT2D eigenvalue weighted by molar-refractivity contribution is -0.145. The Labute approximate surface area is 110 Å². The van der Waals surface area contributed by atoms with Gasteiger partial charge in [0.2, 0.25) is 0 Å². The van der Waals surface area contributed by atoms with Crippen LogP contribution in [0.5, 0.6) is 5.75 Å². The van der Waals surface area contributed by atoms with Gasteiger partial charge in [-0.1, -0.05) is 18.2 Å². The number of carbonyl (C=O) groups excluding carboxylic acids is 1. The summed E-state index contributed by atoms with van der Waals surface area (Å²) in [5.41, 5.74) is -1.05. The van der Waals surface area contributed by atoms with Gasteiger partial charge in [0.05, 0.1) is 7.11 Å². The maximum atomic E-state index is 11.2. The van der Waals surface area contributed by atoms with Crippen LogP contribution >= 0.6 is 0 Å². The molecule has 0 aliphatic rings. The summed E-state index contributed by atoms with van der Waals surface area (Å²) in [6.45, 7) is 1.40. The molecule has 1 N–H and O–H groups in total. The summed E-state index contributed by atoms with van der Waals surface area (Å²) < 4.78 is 5.13. The minimum Gasteiger partial charge on any atom is -0.497 e. The van der Waals surface area contributed by atoms with Gasteiger partial charge in [0.1, 0.15) is 17.5 Å². The van der Waals surface area contributed by atoms with Gasteiger partial charge in [-0.25, -0.2) is 0 Å². The molecule has 0 amide bonds. The van der Waals surface area contributed by atoms with Crippen LogP contribution in [0, 0.1) is 0 Å². The topological polar surface area (TPSA) is 63.6 Å². The van der Waals surface area contributed by atoms with E-state index >= 15 is 0 Å². The summed E-state index contributed by atoms with van der Waals surface area (Å²) >= 11 is 0. The van der Waals surface area contributed by atoms with Crippen LogP contribution in [0.4, 0.5) is 0 Å². The van der Waals surface area contributed by atoms with Crippen molar-refractivity contribution < 1.29 is 19.4 Å². The number of hydrogen-bond donors (Lipinski definition) is 1. The molecule has 19 heavy (non-hydrogen) atoms. The van der Waals surface area contributed by atoms with E-state index in [2.05, 4.69) is 0 Å². The van der Waals surface area contributed by atoms with E-state index in [0.717, 1.165) is 16.5 Å². The highest BCUT2D eigenvalue weighted by atomic mass is 16.5. The number of hydrogen-bond acceptors (Lipinski definition) is 3. The summed E-state index contributed by atoms with van der Waals surface area (Å²) in [5.74, 6) is -0.424. The van der Waals surface area contributed by atoms with E-state index in [4.69, 9.17) is 4.74 Å². The second-order valence-corrected chi connectivity index (χ2v) is 4.55. The van der Waals surface area contributed by atoms with Crippen molar-refractivity contribution in [3.05, 3.63) is 42.0 Å². The third-order valence-electron chi connectivity index (χ3n) is 3.33. The molecule has 1 atom stereocenters. The minimum absolute atomic E-state index is 0.458. The Balaban J connectivity index is 2.59. The highest BCUT2D eigenvalue weighted by molar-refractivity contribution is 5.99. The Kier molecular flexibility index (Phi) is 3.25. The van der Waals surface area contributed by atoms with Crippen molar-refractivity contribution in [3.63, 3.8) is 0 Å². The van der Waals surface area contributed by atoms with Gasteiger partial charge in [0.15, 0.2) is 0 Å². The van der Waals surface area contributed by atoms with Crippen LogP contribution in [0.25, 0.3) is 10.8 Å². The molecule has 2 rings (SSSR count). The molecule has 0 aromatic heterocycles. The average Bonchev–Trinajstić information content (AvgIpc) is 2.44. The monoisotopic (exact) mass is 258 g/mol. The number of carbonyl (C=O) groups is 2. The van der Waals surface area contributed by atoms with Gasteiger partial charge < -0.3 is 14.6 Å². The molecular formula is C15H14O4. The highest BCUT2D eigenvalue weighted by Gasteiger charge is 2.35. The lowest BCUT2D eigenvalue weighted by Gasteiger charge is -2.18. The van der Waals surface area contributed by atoms with E-state index in [0.29, 0.717) is 11.8 Å². The molecule has 0 spiro atoms. The van der Waals surface area contributed by atoms with Crippen molar-refractivity contribution in [2.45, 2.75) is 12.3 Å². The Bertz CT molecular complexity index is 648. The number of fused-ring (bicyclic) bond motifs is 1. The van der Waals surface area contributed by atoms with Gasteiger partial charge in [-0.3, -0.25) is 4.79 Å². The van der Waals surface area contributed by atoms with Crippen molar-refractivity contribution in [3.8, 4) is 5.75 Å². The molecule has 1 unspecified atom stereocenters. The number of rotatable bonds is 4. The van der Waals surface area contributed by atoms with Crippen LogP contribution in [-0.2, 0) is 15.0 Å². The Morgan fingerprint density at radius 1 is 1.21 bits per heavy atom. The fraction of sp³-hybridized carbons (Fsp3) is 0.200.